The van der Waals surface area contributed by atoms with Crippen LogP contribution in [-0.2, 0) is 0 Å². The van der Waals surface area contributed by atoms with Gasteiger partial charge in [-0.1, -0.05) is 27.7 Å². The molecule has 0 spiro atoms. The van der Waals surface area contributed by atoms with Crippen molar-refractivity contribution in [2.24, 2.45) is 11.3 Å². The van der Waals surface area contributed by atoms with E-state index in [2.05, 4.69) is 37.9 Å². The second-order valence-corrected chi connectivity index (χ2v) is 7.00. The molecular formula is C15H30N2. The Bertz CT molecular complexity index is 243. The van der Waals surface area contributed by atoms with Gasteiger partial charge in [0.15, 0.2) is 0 Å². The third-order valence-electron chi connectivity index (χ3n) is 4.70. The Hall–Kier alpha value is -0.0800. The van der Waals surface area contributed by atoms with Crippen molar-refractivity contribution >= 4 is 0 Å². The first-order chi connectivity index (χ1) is 8.03. The number of hydrogen-bond donors (Lipinski definition) is 1. The van der Waals surface area contributed by atoms with Gasteiger partial charge < -0.3 is 5.32 Å². The van der Waals surface area contributed by atoms with E-state index in [0.29, 0.717) is 5.41 Å². The first-order valence-corrected chi connectivity index (χ1v) is 7.50. The van der Waals surface area contributed by atoms with Crippen molar-refractivity contribution in [3.63, 3.8) is 0 Å². The lowest BCUT2D eigenvalue weighted by atomic mass is 9.91. The topological polar surface area (TPSA) is 15.3 Å². The Morgan fingerprint density at radius 1 is 1.29 bits per heavy atom. The van der Waals surface area contributed by atoms with Crippen LogP contribution in [0.1, 0.15) is 53.4 Å². The minimum Gasteiger partial charge on any atom is -0.315 e. The zero-order valence-corrected chi connectivity index (χ0v) is 12.1. The molecule has 0 radical (unpaired) electrons. The average molecular weight is 238 g/mol. The van der Waals surface area contributed by atoms with E-state index in [1.807, 2.05) is 0 Å². The summed E-state index contributed by atoms with van der Waals surface area (Å²) in [5.74, 6) is 0.872. The molecule has 1 saturated carbocycles. The molecular weight excluding hydrogens is 208 g/mol. The molecule has 1 aliphatic heterocycles. The lowest BCUT2D eigenvalue weighted by Crippen LogP contribution is -2.46. The van der Waals surface area contributed by atoms with Crippen LogP contribution in [-0.4, -0.2) is 36.6 Å². The molecule has 0 bridgehead atoms. The van der Waals surface area contributed by atoms with Crippen LogP contribution in [0.15, 0.2) is 0 Å². The van der Waals surface area contributed by atoms with Crippen molar-refractivity contribution in [3.05, 3.63) is 0 Å². The van der Waals surface area contributed by atoms with Gasteiger partial charge in [-0.25, -0.2) is 0 Å². The van der Waals surface area contributed by atoms with Crippen molar-refractivity contribution in [2.45, 2.75) is 65.5 Å². The summed E-state index contributed by atoms with van der Waals surface area (Å²) in [6, 6.07) is 1.63. The van der Waals surface area contributed by atoms with Crippen LogP contribution in [0.3, 0.4) is 0 Å². The van der Waals surface area contributed by atoms with Crippen molar-refractivity contribution in [3.8, 4) is 0 Å². The molecule has 1 aliphatic carbocycles. The van der Waals surface area contributed by atoms with Crippen molar-refractivity contribution in [2.75, 3.05) is 19.6 Å². The molecule has 0 aromatic heterocycles. The van der Waals surface area contributed by atoms with Crippen LogP contribution in [0, 0.1) is 11.3 Å². The van der Waals surface area contributed by atoms with E-state index in [-0.39, 0.29) is 0 Å². The lowest BCUT2D eigenvalue weighted by molar-refractivity contribution is 0.115. The standard InChI is InChI=1S/C15H30N2/c1-5-8-17(13-6-7-16-11-13)14-10-15(3,4)9-12(14)2/h12-14,16H,5-11H2,1-4H3. The molecule has 3 unspecified atom stereocenters. The molecule has 2 rings (SSSR count). The maximum atomic E-state index is 3.53. The molecule has 2 heteroatoms. The van der Waals surface area contributed by atoms with Crippen molar-refractivity contribution in [1.82, 2.24) is 10.2 Å². The highest BCUT2D eigenvalue weighted by Gasteiger charge is 2.41. The smallest absolute Gasteiger partial charge is 0.0235 e. The molecule has 1 heterocycles. The van der Waals surface area contributed by atoms with Gasteiger partial charge in [-0.15, -0.1) is 0 Å². The Morgan fingerprint density at radius 3 is 2.53 bits per heavy atom. The fourth-order valence-corrected chi connectivity index (χ4v) is 4.10. The van der Waals surface area contributed by atoms with Gasteiger partial charge >= 0.3 is 0 Å². The molecule has 1 N–H and O–H groups in total. The molecule has 1 saturated heterocycles. The van der Waals surface area contributed by atoms with Gasteiger partial charge in [-0.3, -0.25) is 4.90 Å². The van der Waals surface area contributed by atoms with Crippen molar-refractivity contribution in [1.29, 1.82) is 0 Å². The number of nitrogens with one attached hydrogen (secondary N) is 1. The van der Waals surface area contributed by atoms with E-state index in [0.717, 1.165) is 18.0 Å². The molecule has 2 fully saturated rings. The lowest BCUT2D eigenvalue weighted by Gasteiger charge is -2.36. The third-order valence-corrected chi connectivity index (χ3v) is 4.70. The predicted octanol–water partition coefficient (Wildman–Crippen LogP) is 2.89. The first kappa shape index (κ1) is 13.4. The van der Waals surface area contributed by atoms with E-state index >= 15 is 0 Å². The Labute approximate surface area is 107 Å². The molecule has 100 valence electrons. The molecule has 2 aliphatic rings. The minimum atomic E-state index is 0.558. The van der Waals surface area contributed by atoms with E-state index in [1.165, 1.54) is 45.3 Å². The highest BCUT2D eigenvalue weighted by molar-refractivity contribution is 4.95. The fraction of sp³-hybridized carbons (Fsp3) is 1.00. The summed E-state index contributed by atoms with van der Waals surface area (Å²) in [7, 11) is 0. The van der Waals surface area contributed by atoms with Crippen LogP contribution in [0.25, 0.3) is 0 Å². The minimum absolute atomic E-state index is 0.558. The van der Waals surface area contributed by atoms with Gasteiger partial charge in [-0.2, -0.15) is 0 Å². The summed E-state index contributed by atoms with van der Waals surface area (Å²) >= 11 is 0. The summed E-state index contributed by atoms with van der Waals surface area (Å²) < 4.78 is 0. The van der Waals surface area contributed by atoms with Gasteiger partial charge in [0.05, 0.1) is 0 Å². The number of nitrogens with zero attached hydrogens (tertiary/aromatic N) is 1. The largest absolute Gasteiger partial charge is 0.315 e. The molecule has 2 nitrogen and oxygen atoms in total. The highest BCUT2D eigenvalue weighted by atomic mass is 15.2. The highest BCUT2D eigenvalue weighted by Crippen LogP contribution is 2.44. The zero-order valence-electron chi connectivity index (χ0n) is 12.1. The second-order valence-electron chi connectivity index (χ2n) is 7.00. The molecule has 0 aromatic rings. The summed E-state index contributed by atoms with van der Waals surface area (Å²) in [5.41, 5.74) is 0.558. The van der Waals surface area contributed by atoms with Crippen LogP contribution >= 0.6 is 0 Å². The Kier molecular flexibility index (Phi) is 4.14. The SMILES string of the molecule is CCCN(C1CCNC1)C1CC(C)(C)CC1C. The van der Waals surface area contributed by atoms with Crippen LogP contribution in [0.4, 0.5) is 0 Å². The predicted molar refractivity (Wildman–Crippen MR) is 74.2 cm³/mol. The monoisotopic (exact) mass is 238 g/mol. The third kappa shape index (κ3) is 3.03. The van der Waals surface area contributed by atoms with Crippen LogP contribution in [0.2, 0.25) is 0 Å². The van der Waals surface area contributed by atoms with Gasteiger partial charge in [-0.05, 0) is 50.1 Å². The van der Waals surface area contributed by atoms with E-state index in [4.69, 9.17) is 0 Å². The normalized spacial score (nSPS) is 36.9. The molecule has 0 aromatic carbocycles. The van der Waals surface area contributed by atoms with E-state index in [1.54, 1.807) is 0 Å². The summed E-state index contributed by atoms with van der Waals surface area (Å²) in [5, 5.41) is 3.53. The van der Waals surface area contributed by atoms with Crippen LogP contribution < -0.4 is 5.32 Å². The maximum absolute atomic E-state index is 3.53. The van der Waals surface area contributed by atoms with Crippen LogP contribution in [0.5, 0.6) is 0 Å². The zero-order chi connectivity index (χ0) is 12.5. The Balaban J connectivity index is 2.05. The van der Waals surface area contributed by atoms with Gasteiger partial charge in [0.1, 0.15) is 0 Å². The van der Waals surface area contributed by atoms with E-state index < -0.39 is 0 Å². The van der Waals surface area contributed by atoms with Gasteiger partial charge in [0.25, 0.3) is 0 Å². The molecule has 0 amide bonds. The summed E-state index contributed by atoms with van der Waals surface area (Å²) in [6.45, 7) is 13.4. The number of rotatable bonds is 4. The maximum Gasteiger partial charge on any atom is 0.0235 e. The second kappa shape index (κ2) is 5.27. The molecule has 17 heavy (non-hydrogen) atoms. The van der Waals surface area contributed by atoms with E-state index in [9.17, 15) is 0 Å². The number of hydrogen-bond acceptors (Lipinski definition) is 2. The first-order valence-electron chi connectivity index (χ1n) is 7.50. The van der Waals surface area contributed by atoms with Gasteiger partial charge in [0, 0.05) is 18.6 Å². The summed E-state index contributed by atoms with van der Waals surface area (Å²) in [6.07, 6.45) is 5.44. The van der Waals surface area contributed by atoms with Gasteiger partial charge in [0.2, 0.25) is 0 Å². The molecule has 3 atom stereocenters. The average Bonchev–Trinajstić information content (AvgIpc) is 2.83. The Morgan fingerprint density at radius 2 is 2.06 bits per heavy atom. The summed E-state index contributed by atoms with van der Waals surface area (Å²) in [4.78, 5) is 2.83. The van der Waals surface area contributed by atoms with Crippen molar-refractivity contribution < 1.29 is 0 Å². The fourth-order valence-electron chi connectivity index (χ4n) is 4.10. The quantitative estimate of drug-likeness (QED) is 0.810.